The molecule has 26 heavy (non-hydrogen) atoms. The summed E-state index contributed by atoms with van der Waals surface area (Å²) < 4.78 is 1.99. The highest BCUT2D eigenvalue weighted by Gasteiger charge is 2.31. The molecule has 0 radical (unpaired) electrons. The topological polar surface area (TPSA) is 58.4 Å². The third-order valence-electron chi connectivity index (χ3n) is 5.15. The second-order valence-electron chi connectivity index (χ2n) is 7.25. The van der Waals surface area contributed by atoms with Gasteiger partial charge in [-0.25, -0.2) is 14.5 Å². The molecule has 3 aromatic rings. The first-order valence-electron chi connectivity index (χ1n) is 9.19. The highest BCUT2D eigenvalue weighted by atomic mass is 35.5. The van der Waals surface area contributed by atoms with Crippen molar-refractivity contribution in [2.45, 2.75) is 31.7 Å². The lowest BCUT2D eigenvalue weighted by atomic mass is 10.1. The molecule has 1 saturated carbocycles. The fourth-order valence-electron chi connectivity index (χ4n) is 3.71. The number of rotatable bonds is 3. The van der Waals surface area contributed by atoms with Gasteiger partial charge in [0.2, 0.25) is 0 Å². The van der Waals surface area contributed by atoms with Gasteiger partial charge in [0.25, 0.3) is 0 Å². The van der Waals surface area contributed by atoms with Crippen molar-refractivity contribution < 1.29 is 0 Å². The Kier molecular flexibility index (Phi) is 3.83. The molecule has 2 fully saturated rings. The van der Waals surface area contributed by atoms with Crippen molar-refractivity contribution in [1.29, 1.82) is 0 Å². The molecule has 0 spiro atoms. The number of nitrogens with zero attached hydrogens (tertiary/aromatic N) is 5. The van der Waals surface area contributed by atoms with Gasteiger partial charge >= 0.3 is 0 Å². The summed E-state index contributed by atoms with van der Waals surface area (Å²) in [6.45, 7) is 5.10. The fraction of sp³-hybridized carbons (Fsp3) is 0.421. The average Bonchev–Trinajstić information content (AvgIpc) is 3.41. The van der Waals surface area contributed by atoms with E-state index in [1.165, 1.54) is 12.8 Å². The maximum Gasteiger partial charge on any atom is 0.154 e. The molecule has 1 aliphatic carbocycles. The predicted molar refractivity (Wildman–Crippen MR) is 103 cm³/mol. The molecule has 1 aliphatic heterocycles. The zero-order valence-corrected chi connectivity index (χ0v) is 15.4. The molecule has 0 aromatic carbocycles. The Morgan fingerprint density at radius 1 is 1.23 bits per heavy atom. The lowest BCUT2D eigenvalue weighted by molar-refractivity contribution is 0.481. The molecular formula is C19H21ClN6. The van der Waals surface area contributed by atoms with Crippen LogP contribution >= 0.6 is 11.6 Å². The molecule has 2 aliphatic rings. The molecule has 0 bridgehead atoms. The monoisotopic (exact) mass is 368 g/mol. The van der Waals surface area contributed by atoms with E-state index in [0.29, 0.717) is 17.1 Å². The quantitative estimate of drug-likeness (QED) is 0.720. The second-order valence-corrected chi connectivity index (χ2v) is 7.64. The van der Waals surface area contributed by atoms with E-state index < -0.39 is 0 Å². The van der Waals surface area contributed by atoms with Crippen molar-refractivity contribution in [1.82, 2.24) is 24.9 Å². The first-order valence-corrected chi connectivity index (χ1v) is 9.57. The molecule has 1 atom stereocenters. The Balaban J connectivity index is 1.65. The van der Waals surface area contributed by atoms with Gasteiger partial charge in [0.1, 0.15) is 11.0 Å². The van der Waals surface area contributed by atoms with E-state index in [1.807, 2.05) is 16.6 Å². The molecule has 6 nitrogen and oxygen atoms in total. The standard InChI is InChI=1S/C19H21ClN6/c1-12-11-25(9-8-21-12)17-5-4-16-23-18(13-2-3-13)19(26(16)24-17)14-6-7-22-15(20)10-14/h4-7,10,12-13,21H,2-3,8-9,11H2,1H3/t12-/m1/s1. The lowest BCUT2D eigenvalue weighted by Crippen LogP contribution is -2.49. The van der Waals surface area contributed by atoms with Crippen LogP contribution < -0.4 is 10.2 Å². The van der Waals surface area contributed by atoms with Crippen molar-refractivity contribution >= 4 is 23.1 Å². The van der Waals surface area contributed by atoms with Crippen molar-refractivity contribution in [2.75, 3.05) is 24.5 Å². The summed E-state index contributed by atoms with van der Waals surface area (Å²) in [5.74, 6) is 1.52. The van der Waals surface area contributed by atoms with Crippen LogP contribution in [-0.4, -0.2) is 45.3 Å². The summed E-state index contributed by atoms with van der Waals surface area (Å²) in [5.41, 5.74) is 4.10. The Hall–Kier alpha value is -2.18. The molecular weight excluding hydrogens is 348 g/mol. The van der Waals surface area contributed by atoms with Crippen LogP contribution in [0.2, 0.25) is 5.15 Å². The molecule has 134 valence electrons. The van der Waals surface area contributed by atoms with Crippen LogP contribution in [0.25, 0.3) is 16.9 Å². The zero-order valence-electron chi connectivity index (χ0n) is 14.7. The van der Waals surface area contributed by atoms with Gasteiger partial charge in [-0.3, -0.25) is 0 Å². The van der Waals surface area contributed by atoms with Crippen molar-refractivity contribution in [3.05, 3.63) is 41.3 Å². The fourth-order valence-corrected chi connectivity index (χ4v) is 3.89. The third-order valence-corrected chi connectivity index (χ3v) is 5.35. The van der Waals surface area contributed by atoms with E-state index >= 15 is 0 Å². The van der Waals surface area contributed by atoms with E-state index in [4.69, 9.17) is 21.7 Å². The summed E-state index contributed by atoms with van der Waals surface area (Å²) >= 11 is 6.15. The molecule has 1 saturated heterocycles. The van der Waals surface area contributed by atoms with Crippen molar-refractivity contribution in [2.24, 2.45) is 0 Å². The third kappa shape index (κ3) is 2.83. The number of hydrogen-bond donors (Lipinski definition) is 1. The van der Waals surface area contributed by atoms with E-state index in [1.54, 1.807) is 6.20 Å². The Morgan fingerprint density at radius 3 is 2.88 bits per heavy atom. The number of pyridine rings is 1. The minimum Gasteiger partial charge on any atom is -0.352 e. The van der Waals surface area contributed by atoms with Crippen LogP contribution in [0.1, 0.15) is 31.4 Å². The van der Waals surface area contributed by atoms with Crippen LogP contribution in [0.15, 0.2) is 30.5 Å². The van der Waals surface area contributed by atoms with E-state index in [0.717, 1.165) is 48.1 Å². The number of halogens is 1. The van der Waals surface area contributed by atoms with Gasteiger partial charge < -0.3 is 10.2 Å². The largest absolute Gasteiger partial charge is 0.352 e. The molecule has 5 rings (SSSR count). The number of nitrogens with one attached hydrogen (secondary N) is 1. The molecule has 0 amide bonds. The zero-order chi connectivity index (χ0) is 17.7. The number of aromatic nitrogens is 4. The number of fused-ring (bicyclic) bond motifs is 1. The van der Waals surface area contributed by atoms with Gasteiger partial charge in [-0.1, -0.05) is 11.6 Å². The highest BCUT2D eigenvalue weighted by Crippen LogP contribution is 2.44. The normalized spacial score (nSPS) is 20.7. The molecule has 0 unspecified atom stereocenters. The van der Waals surface area contributed by atoms with Crippen LogP contribution in [0.5, 0.6) is 0 Å². The van der Waals surface area contributed by atoms with E-state index in [9.17, 15) is 0 Å². The molecule has 3 aromatic heterocycles. The summed E-state index contributed by atoms with van der Waals surface area (Å²) in [5, 5.41) is 8.93. The Bertz CT molecular complexity index is 964. The number of imidazole rings is 1. The van der Waals surface area contributed by atoms with Crippen molar-refractivity contribution in [3.8, 4) is 11.3 Å². The number of anilines is 1. The van der Waals surface area contributed by atoms with Gasteiger partial charge in [-0.15, -0.1) is 5.10 Å². The van der Waals surface area contributed by atoms with Gasteiger partial charge in [0, 0.05) is 43.4 Å². The van der Waals surface area contributed by atoms with Crippen LogP contribution in [0.3, 0.4) is 0 Å². The molecule has 1 N–H and O–H groups in total. The number of hydrogen-bond acceptors (Lipinski definition) is 5. The number of piperazine rings is 1. The summed E-state index contributed by atoms with van der Waals surface area (Å²) in [7, 11) is 0. The minimum absolute atomic E-state index is 0.463. The second kappa shape index (κ2) is 6.21. The maximum absolute atomic E-state index is 6.15. The SMILES string of the molecule is C[C@@H]1CN(c2ccc3nc(C4CC4)c(-c4ccnc(Cl)c4)n3n2)CCN1. The van der Waals surface area contributed by atoms with E-state index in [-0.39, 0.29) is 0 Å². The van der Waals surface area contributed by atoms with Gasteiger partial charge in [0.05, 0.1) is 11.4 Å². The first kappa shape index (κ1) is 16.0. The van der Waals surface area contributed by atoms with Crippen LogP contribution in [-0.2, 0) is 0 Å². The van der Waals surface area contributed by atoms with Gasteiger partial charge in [0.15, 0.2) is 5.65 Å². The maximum atomic E-state index is 6.15. The van der Waals surface area contributed by atoms with Crippen LogP contribution in [0.4, 0.5) is 5.82 Å². The Morgan fingerprint density at radius 2 is 2.12 bits per heavy atom. The summed E-state index contributed by atoms with van der Waals surface area (Å²) in [6.07, 6.45) is 4.13. The lowest BCUT2D eigenvalue weighted by Gasteiger charge is -2.32. The Labute approximate surface area is 157 Å². The van der Waals surface area contributed by atoms with Gasteiger partial charge in [-0.2, -0.15) is 0 Å². The first-order chi connectivity index (χ1) is 12.7. The summed E-state index contributed by atoms with van der Waals surface area (Å²) in [6, 6.07) is 8.51. The highest BCUT2D eigenvalue weighted by molar-refractivity contribution is 6.29. The van der Waals surface area contributed by atoms with Crippen LogP contribution in [0, 0.1) is 0 Å². The molecule has 4 heterocycles. The van der Waals surface area contributed by atoms with Gasteiger partial charge in [-0.05, 0) is 44.0 Å². The minimum atomic E-state index is 0.463. The average molecular weight is 369 g/mol. The smallest absolute Gasteiger partial charge is 0.154 e. The molecule has 7 heteroatoms. The predicted octanol–water partition coefficient (Wildman–Crippen LogP) is 3.12. The van der Waals surface area contributed by atoms with Crippen molar-refractivity contribution in [3.63, 3.8) is 0 Å². The summed E-state index contributed by atoms with van der Waals surface area (Å²) in [4.78, 5) is 11.3. The van der Waals surface area contributed by atoms with E-state index in [2.05, 4.69) is 34.3 Å².